The van der Waals surface area contributed by atoms with Crippen molar-refractivity contribution in [2.45, 2.75) is 18.5 Å². The lowest BCUT2D eigenvalue weighted by Crippen LogP contribution is -2.01. The molecule has 0 unspecified atom stereocenters. The lowest BCUT2D eigenvalue weighted by molar-refractivity contribution is 0.778. The lowest BCUT2D eigenvalue weighted by Gasteiger charge is -2.08. The molecule has 0 amide bonds. The maximum Gasteiger partial charge on any atom is 0.0972 e. The first kappa shape index (κ1) is 17.0. The van der Waals surface area contributed by atoms with Crippen molar-refractivity contribution >= 4 is 23.1 Å². The Balaban J connectivity index is 1.63. The lowest BCUT2D eigenvalue weighted by atomic mass is 10.1. The maximum atomic E-state index is 4.71. The van der Waals surface area contributed by atoms with Gasteiger partial charge in [-0.25, -0.2) is 15.0 Å². The van der Waals surface area contributed by atoms with Gasteiger partial charge in [-0.1, -0.05) is 36.4 Å². The highest BCUT2D eigenvalue weighted by atomic mass is 32.2. The minimum Gasteiger partial charge on any atom is -0.329 e. The first-order valence-electron chi connectivity index (χ1n) is 8.38. The minimum absolute atomic E-state index is 0.868. The van der Waals surface area contributed by atoms with Gasteiger partial charge in [0.25, 0.3) is 0 Å². The molecule has 3 aromatic heterocycles. The van der Waals surface area contributed by atoms with Crippen molar-refractivity contribution in [3.05, 3.63) is 72.3 Å². The molecule has 0 bridgehead atoms. The highest BCUT2D eigenvalue weighted by Crippen LogP contribution is 2.34. The van der Waals surface area contributed by atoms with E-state index in [1.807, 2.05) is 62.0 Å². The fourth-order valence-electron chi connectivity index (χ4n) is 2.77. The normalized spacial score (nSPS) is 11.0. The summed E-state index contributed by atoms with van der Waals surface area (Å²) in [6.07, 6.45) is 5.72. The Labute approximate surface area is 161 Å². The second-order valence-electron chi connectivity index (χ2n) is 5.76. The largest absolute Gasteiger partial charge is 0.329 e. The van der Waals surface area contributed by atoms with E-state index in [4.69, 9.17) is 4.98 Å². The number of pyridine rings is 1. The number of rotatable bonds is 6. The fraction of sp³-hybridized carbons (Fsp3) is 0.150. The average Bonchev–Trinajstić information content (AvgIpc) is 3.29. The highest BCUT2D eigenvalue weighted by Gasteiger charge is 2.16. The summed E-state index contributed by atoms with van der Waals surface area (Å²) in [5.74, 6) is 0.937. The van der Waals surface area contributed by atoms with Crippen LogP contribution < -0.4 is 0 Å². The van der Waals surface area contributed by atoms with Crippen LogP contribution in [0.1, 0.15) is 5.01 Å². The summed E-state index contributed by atoms with van der Waals surface area (Å²) in [7, 11) is 0. The molecule has 6 heteroatoms. The van der Waals surface area contributed by atoms with Gasteiger partial charge >= 0.3 is 0 Å². The van der Waals surface area contributed by atoms with Crippen LogP contribution in [0.5, 0.6) is 0 Å². The van der Waals surface area contributed by atoms with Crippen LogP contribution in [0.2, 0.25) is 0 Å². The van der Waals surface area contributed by atoms with E-state index in [9.17, 15) is 0 Å². The summed E-state index contributed by atoms with van der Waals surface area (Å²) < 4.78 is 2.23. The molecule has 26 heavy (non-hydrogen) atoms. The standard InChI is InChI=1S/C20H18N4S2/c1-15-22-13-17(26-15)20-19(16-7-3-2-4-8-16)23-14-24(20)11-12-25-18-9-5-6-10-21-18/h2-10,13-14H,11-12H2,1H3. The molecule has 1 aromatic carbocycles. The van der Waals surface area contributed by atoms with Crippen molar-refractivity contribution in [3.8, 4) is 21.8 Å². The van der Waals surface area contributed by atoms with Crippen molar-refractivity contribution in [3.63, 3.8) is 0 Å². The van der Waals surface area contributed by atoms with E-state index in [0.29, 0.717) is 0 Å². The summed E-state index contributed by atoms with van der Waals surface area (Å²) in [4.78, 5) is 14.7. The number of nitrogens with zero attached hydrogens (tertiary/aromatic N) is 4. The zero-order chi connectivity index (χ0) is 17.8. The quantitative estimate of drug-likeness (QED) is 0.434. The zero-order valence-electron chi connectivity index (χ0n) is 14.4. The minimum atomic E-state index is 0.868. The van der Waals surface area contributed by atoms with Crippen molar-refractivity contribution in [1.82, 2.24) is 19.5 Å². The van der Waals surface area contributed by atoms with E-state index < -0.39 is 0 Å². The molecule has 4 rings (SSSR count). The molecule has 0 radical (unpaired) electrons. The van der Waals surface area contributed by atoms with Gasteiger partial charge in [0.05, 0.1) is 32.6 Å². The van der Waals surface area contributed by atoms with Crippen molar-refractivity contribution < 1.29 is 0 Å². The molecule has 0 N–H and O–H groups in total. The van der Waals surface area contributed by atoms with Gasteiger partial charge < -0.3 is 4.57 Å². The Morgan fingerprint density at radius 3 is 2.58 bits per heavy atom. The van der Waals surface area contributed by atoms with Crippen LogP contribution in [0, 0.1) is 6.92 Å². The van der Waals surface area contributed by atoms with E-state index in [0.717, 1.165) is 44.2 Å². The van der Waals surface area contributed by atoms with Crippen LogP contribution in [-0.4, -0.2) is 25.3 Å². The van der Waals surface area contributed by atoms with E-state index in [1.165, 1.54) is 0 Å². The fourth-order valence-corrected chi connectivity index (χ4v) is 4.42. The van der Waals surface area contributed by atoms with Gasteiger partial charge in [0.15, 0.2) is 0 Å². The monoisotopic (exact) mass is 378 g/mol. The van der Waals surface area contributed by atoms with Crippen molar-refractivity contribution in [2.24, 2.45) is 0 Å². The van der Waals surface area contributed by atoms with Gasteiger partial charge in [0.2, 0.25) is 0 Å². The molecular weight excluding hydrogens is 360 g/mol. The first-order valence-corrected chi connectivity index (χ1v) is 10.2. The second-order valence-corrected chi connectivity index (χ2v) is 8.11. The van der Waals surface area contributed by atoms with Crippen molar-refractivity contribution in [2.75, 3.05) is 5.75 Å². The molecule has 0 saturated carbocycles. The predicted octanol–water partition coefficient (Wildman–Crippen LogP) is 5.17. The Bertz CT molecular complexity index is 977. The third-order valence-electron chi connectivity index (χ3n) is 3.96. The average molecular weight is 379 g/mol. The van der Waals surface area contributed by atoms with Crippen molar-refractivity contribution in [1.29, 1.82) is 0 Å². The molecule has 3 heterocycles. The molecule has 130 valence electrons. The number of aromatic nitrogens is 4. The number of hydrogen-bond acceptors (Lipinski definition) is 5. The van der Waals surface area contributed by atoms with Crippen LogP contribution in [-0.2, 0) is 6.54 Å². The Morgan fingerprint density at radius 2 is 1.85 bits per heavy atom. The molecule has 0 aliphatic heterocycles. The Morgan fingerprint density at radius 1 is 1.00 bits per heavy atom. The molecular formula is C20H18N4S2. The van der Waals surface area contributed by atoms with Crippen LogP contribution in [0.25, 0.3) is 21.8 Å². The van der Waals surface area contributed by atoms with Crippen LogP contribution >= 0.6 is 23.1 Å². The molecule has 4 aromatic rings. The first-order chi connectivity index (χ1) is 12.8. The van der Waals surface area contributed by atoms with Gasteiger partial charge in [-0.2, -0.15) is 0 Å². The summed E-state index contributed by atoms with van der Waals surface area (Å²) in [5.41, 5.74) is 3.28. The van der Waals surface area contributed by atoms with Gasteiger partial charge in [0, 0.05) is 30.3 Å². The third-order valence-corrected chi connectivity index (χ3v) is 5.80. The second kappa shape index (κ2) is 7.85. The topological polar surface area (TPSA) is 43.6 Å². The molecule has 0 saturated heterocycles. The number of aryl methyl sites for hydroxylation is 2. The summed E-state index contributed by atoms with van der Waals surface area (Å²) in [6, 6.07) is 16.3. The van der Waals surface area contributed by atoms with E-state index in [-0.39, 0.29) is 0 Å². The van der Waals surface area contributed by atoms with E-state index in [1.54, 1.807) is 23.1 Å². The molecule has 4 nitrogen and oxygen atoms in total. The maximum absolute atomic E-state index is 4.71. The number of imidazole rings is 1. The summed E-state index contributed by atoms with van der Waals surface area (Å²) in [5, 5.41) is 2.11. The molecule has 0 fully saturated rings. The van der Waals surface area contributed by atoms with Gasteiger partial charge in [-0.05, 0) is 19.1 Å². The number of hydrogen-bond donors (Lipinski definition) is 0. The zero-order valence-corrected chi connectivity index (χ0v) is 16.0. The number of thiazole rings is 1. The summed E-state index contributed by atoms with van der Waals surface area (Å²) in [6.45, 7) is 2.90. The third kappa shape index (κ3) is 3.71. The van der Waals surface area contributed by atoms with Crippen LogP contribution in [0.3, 0.4) is 0 Å². The van der Waals surface area contributed by atoms with E-state index in [2.05, 4.69) is 26.7 Å². The molecule has 0 atom stereocenters. The van der Waals surface area contributed by atoms with Gasteiger partial charge in [-0.15, -0.1) is 23.1 Å². The van der Waals surface area contributed by atoms with Gasteiger partial charge in [0.1, 0.15) is 0 Å². The Hall–Kier alpha value is -2.44. The van der Waals surface area contributed by atoms with E-state index >= 15 is 0 Å². The summed E-state index contributed by atoms with van der Waals surface area (Å²) >= 11 is 3.46. The van der Waals surface area contributed by atoms with Crippen LogP contribution in [0.4, 0.5) is 0 Å². The smallest absolute Gasteiger partial charge is 0.0972 e. The molecule has 0 aliphatic carbocycles. The molecule has 0 aliphatic rings. The SMILES string of the molecule is Cc1ncc(-c2c(-c3ccccc3)ncn2CCSc2ccccn2)s1. The Kier molecular flexibility index (Phi) is 5.13. The highest BCUT2D eigenvalue weighted by molar-refractivity contribution is 7.99. The predicted molar refractivity (Wildman–Crippen MR) is 108 cm³/mol. The molecule has 0 spiro atoms. The van der Waals surface area contributed by atoms with Gasteiger partial charge in [-0.3, -0.25) is 0 Å². The number of thioether (sulfide) groups is 1. The van der Waals surface area contributed by atoms with Crippen LogP contribution in [0.15, 0.2) is 72.3 Å². The number of benzene rings is 1.